The van der Waals surface area contributed by atoms with Crippen molar-refractivity contribution in [2.75, 3.05) is 19.0 Å². The van der Waals surface area contributed by atoms with Crippen LogP contribution in [-0.2, 0) is 4.74 Å². The monoisotopic (exact) mass is 503 g/mol. The molecular weight excluding hydrogens is 485 g/mol. The average Bonchev–Trinajstić information content (AvgIpc) is 2.73. The molecule has 0 radical (unpaired) electrons. The number of hydrogen-bond donors (Lipinski definition) is 3. The van der Waals surface area contributed by atoms with Crippen LogP contribution < -0.4 is 20.7 Å². The summed E-state index contributed by atoms with van der Waals surface area (Å²) in [5.41, 5.74) is 1.23. The van der Waals surface area contributed by atoms with Crippen LogP contribution in [0.15, 0.2) is 48.5 Å². The fraction of sp³-hybridized carbons (Fsp3) is 0.250. The van der Waals surface area contributed by atoms with Gasteiger partial charge in [0.15, 0.2) is 5.11 Å². The third kappa shape index (κ3) is 7.43. The molecule has 2 aromatic rings. The van der Waals surface area contributed by atoms with Gasteiger partial charge in [0.1, 0.15) is 11.9 Å². The number of carbonyl (C=O) groups excluding carboxylic acids is 2. The molecule has 0 heterocycles. The van der Waals surface area contributed by atoms with Crippen LogP contribution in [0.2, 0.25) is 0 Å². The third-order valence-electron chi connectivity index (χ3n) is 3.88. The first-order chi connectivity index (χ1) is 14.7. The van der Waals surface area contributed by atoms with E-state index in [0.717, 1.165) is 0 Å². The lowest BCUT2D eigenvalue weighted by atomic mass is 10.2. The normalized spacial score (nSPS) is 11.8. The Hall–Kier alpha value is -2.26. The zero-order valence-corrected chi connectivity index (χ0v) is 19.7. The van der Waals surface area contributed by atoms with Crippen LogP contribution in [0.5, 0.6) is 5.75 Å². The van der Waals surface area contributed by atoms with E-state index in [1.807, 2.05) is 0 Å². The van der Waals surface area contributed by atoms with Crippen molar-refractivity contribution in [3.05, 3.63) is 59.7 Å². The van der Waals surface area contributed by atoms with Gasteiger partial charge in [-0.2, -0.15) is 0 Å². The third-order valence-corrected chi connectivity index (χ3v) is 4.76. The van der Waals surface area contributed by atoms with Crippen molar-refractivity contribution in [1.29, 1.82) is 0 Å². The van der Waals surface area contributed by atoms with Crippen molar-refractivity contribution >= 4 is 69.7 Å². The van der Waals surface area contributed by atoms with E-state index in [1.54, 1.807) is 55.5 Å². The Morgan fingerprint density at radius 1 is 1.06 bits per heavy atom. The number of ether oxygens (including phenoxy) is 2. The topological polar surface area (TPSA) is 88.7 Å². The number of amides is 1. The highest BCUT2D eigenvalue weighted by atomic mass is 35.6. The summed E-state index contributed by atoms with van der Waals surface area (Å²) in [6.45, 7) is 2.01. The second-order valence-corrected chi connectivity index (χ2v) is 8.82. The Bertz CT molecular complexity index is 936. The Kier molecular flexibility index (Phi) is 9.18. The minimum Gasteiger partial charge on any atom is -0.496 e. The van der Waals surface area contributed by atoms with E-state index in [-0.39, 0.29) is 17.3 Å². The molecule has 3 N–H and O–H groups in total. The zero-order chi connectivity index (χ0) is 23.0. The number of alkyl halides is 3. The molecule has 0 unspecified atom stereocenters. The summed E-state index contributed by atoms with van der Waals surface area (Å²) in [4.78, 5) is 24.4. The van der Waals surface area contributed by atoms with E-state index in [0.29, 0.717) is 17.0 Å². The number of esters is 1. The van der Waals surface area contributed by atoms with Gasteiger partial charge in [0.05, 0.1) is 24.8 Å². The number of halogens is 3. The molecular formula is C20H20Cl3N3O4S. The summed E-state index contributed by atoms with van der Waals surface area (Å²) in [7, 11) is 1.45. The Morgan fingerprint density at radius 3 is 2.29 bits per heavy atom. The second-order valence-electron chi connectivity index (χ2n) is 6.04. The number of benzene rings is 2. The minimum atomic E-state index is -1.92. The van der Waals surface area contributed by atoms with E-state index in [2.05, 4.69) is 16.0 Å². The van der Waals surface area contributed by atoms with E-state index >= 15 is 0 Å². The van der Waals surface area contributed by atoms with Gasteiger partial charge in [-0.15, -0.1) is 0 Å². The largest absolute Gasteiger partial charge is 0.496 e. The number of para-hydroxylation sites is 1. The molecule has 2 rings (SSSR count). The number of nitrogens with one attached hydrogen (secondary N) is 3. The van der Waals surface area contributed by atoms with Crippen LogP contribution in [0.4, 0.5) is 5.69 Å². The van der Waals surface area contributed by atoms with Crippen LogP contribution in [0.1, 0.15) is 27.6 Å². The van der Waals surface area contributed by atoms with Gasteiger partial charge in [0.25, 0.3) is 5.91 Å². The molecule has 2 aromatic carbocycles. The average molecular weight is 505 g/mol. The van der Waals surface area contributed by atoms with Crippen LogP contribution in [-0.4, -0.2) is 40.7 Å². The first-order valence-electron chi connectivity index (χ1n) is 9.01. The summed E-state index contributed by atoms with van der Waals surface area (Å²) < 4.78 is 8.20. The van der Waals surface area contributed by atoms with Gasteiger partial charge >= 0.3 is 5.97 Å². The number of methoxy groups -OCH3 is 1. The molecule has 166 valence electrons. The lowest BCUT2D eigenvalue weighted by Gasteiger charge is -2.28. The second kappa shape index (κ2) is 11.4. The highest BCUT2D eigenvalue weighted by Crippen LogP contribution is 2.30. The number of carbonyl (C=O) groups is 2. The maximum absolute atomic E-state index is 12.7. The van der Waals surface area contributed by atoms with Crippen LogP contribution in [0.25, 0.3) is 0 Å². The van der Waals surface area contributed by atoms with Crippen molar-refractivity contribution in [2.45, 2.75) is 16.9 Å². The summed E-state index contributed by atoms with van der Waals surface area (Å²) in [6, 6.07) is 13.1. The summed E-state index contributed by atoms with van der Waals surface area (Å²) in [6.07, 6.45) is -1.16. The summed E-state index contributed by atoms with van der Waals surface area (Å²) >= 11 is 23.3. The van der Waals surface area contributed by atoms with Gasteiger partial charge in [-0.1, -0.05) is 46.9 Å². The maximum atomic E-state index is 12.7. The van der Waals surface area contributed by atoms with Crippen molar-refractivity contribution in [2.24, 2.45) is 0 Å². The predicted octanol–water partition coefficient (Wildman–Crippen LogP) is 4.28. The van der Waals surface area contributed by atoms with Gasteiger partial charge in [-0.25, -0.2) is 4.79 Å². The van der Waals surface area contributed by atoms with Crippen molar-refractivity contribution in [1.82, 2.24) is 10.6 Å². The fourth-order valence-electron chi connectivity index (χ4n) is 2.44. The van der Waals surface area contributed by atoms with Crippen LogP contribution in [0, 0.1) is 0 Å². The lowest BCUT2D eigenvalue weighted by molar-refractivity contribution is 0.0526. The van der Waals surface area contributed by atoms with E-state index in [9.17, 15) is 9.59 Å². The van der Waals surface area contributed by atoms with E-state index < -0.39 is 21.8 Å². The number of hydrogen-bond acceptors (Lipinski definition) is 5. The van der Waals surface area contributed by atoms with Crippen molar-refractivity contribution in [3.8, 4) is 5.75 Å². The van der Waals surface area contributed by atoms with E-state index in [4.69, 9.17) is 56.5 Å². The molecule has 0 aromatic heterocycles. The molecule has 7 nitrogen and oxygen atoms in total. The quantitative estimate of drug-likeness (QED) is 0.224. The van der Waals surface area contributed by atoms with Gasteiger partial charge in [-0.05, 0) is 55.5 Å². The maximum Gasteiger partial charge on any atom is 0.338 e. The molecule has 0 saturated carbocycles. The summed E-state index contributed by atoms with van der Waals surface area (Å²) in [5.74, 6) is -0.585. The van der Waals surface area contributed by atoms with Crippen molar-refractivity contribution < 1.29 is 19.1 Å². The standard InChI is InChI=1S/C20H20Cl3N3O4S/c1-3-30-17(28)12-8-10-13(11-9-12)24-19(31)26-18(20(21,22)23)25-16(27)14-6-4-5-7-15(14)29-2/h4-11,18H,3H2,1-2H3,(H,25,27)(H2,24,26,31)/t18-/m1/s1. The smallest absolute Gasteiger partial charge is 0.338 e. The van der Waals surface area contributed by atoms with Crippen LogP contribution >= 0.6 is 47.0 Å². The molecule has 0 fully saturated rings. The molecule has 11 heteroatoms. The highest BCUT2D eigenvalue weighted by Gasteiger charge is 2.35. The van der Waals surface area contributed by atoms with Gasteiger partial charge < -0.3 is 25.4 Å². The minimum absolute atomic E-state index is 0.0838. The molecule has 1 amide bonds. The van der Waals surface area contributed by atoms with E-state index in [1.165, 1.54) is 7.11 Å². The molecule has 1 atom stereocenters. The molecule has 0 bridgehead atoms. The first kappa shape index (κ1) is 25.0. The lowest BCUT2D eigenvalue weighted by Crippen LogP contribution is -2.56. The van der Waals surface area contributed by atoms with Gasteiger partial charge in [0, 0.05) is 5.69 Å². The predicted molar refractivity (Wildman–Crippen MR) is 126 cm³/mol. The molecule has 0 aliphatic carbocycles. The Labute approximate surface area is 200 Å². The zero-order valence-electron chi connectivity index (χ0n) is 16.6. The molecule has 0 saturated heterocycles. The number of rotatable bonds is 7. The first-order valence-corrected chi connectivity index (χ1v) is 10.5. The Balaban J connectivity index is 2.06. The molecule has 0 spiro atoms. The SMILES string of the molecule is CCOC(=O)c1ccc(NC(=S)N[C@@H](NC(=O)c2ccccc2OC)C(Cl)(Cl)Cl)cc1. The van der Waals surface area contributed by atoms with Gasteiger partial charge in [-0.3, -0.25) is 4.79 Å². The Morgan fingerprint density at radius 2 is 1.71 bits per heavy atom. The fourth-order valence-corrected chi connectivity index (χ4v) is 3.01. The highest BCUT2D eigenvalue weighted by molar-refractivity contribution is 7.80. The molecule has 31 heavy (non-hydrogen) atoms. The van der Waals surface area contributed by atoms with Crippen LogP contribution in [0.3, 0.4) is 0 Å². The number of thiocarbonyl (C=S) groups is 1. The molecule has 0 aliphatic heterocycles. The number of anilines is 1. The summed E-state index contributed by atoms with van der Waals surface area (Å²) in [5, 5.41) is 8.33. The molecule has 0 aliphatic rings. The van der Waals surface area contributed by atoms with Crippen molar-refractivity contribution in [3.63, 3.8) is 0 Å². The van der Waals surface area contributed by atoms with Gasteiger partial charge in [0.2, 0.25) is 3.79 Å².